The van der Waals surface area contributed by atoms with Crippen molar-refractivity contribution in [3.05, 3.63) is 55.8 Å². The third-order valence-electron chi connectivity index (χ3n) is 6.21. The van der Waals surface area contributed by atoms with E-state index in [4.69, 9.17) is 9.15 Å². The molecule has 2 aromatic heterocycles. The molecular weight excluding hydrogens is 412 g/mol. The molecule has 4 rings (SSSR count). The van der Waals surface area contributed by atoms with E-state index in [-0.39, 0.29) is 16.9 Å². The van der Waals surface area contributed by atoms with Crippen molar-refractivity contribution >= 4 is 11.3 Å². The first-order chi connectivity index (χ1) is 14.9. The molecule has 2 unspecified atom stereocenters. The SMILES string of the molecule is Cc1ccc(-c2nc(COC3CCCC(CCc4sc(=O)n(C)c4O)C3)c(C)o2)cc1. The van der Waals surface area contributed by atoms with Crippen LogP contribution in [0.15, 0.2) is 33.5 Å². The maximum Gasteiger partial charge on any atom is 0.309 e. The lowest BCUT2D eigenvalue weighted by Crippen LogP contribution is -2.23. The molecule has 0 amide bonds. The van der Waals surface area contributed by atoms with Gasteiger partial charge >= 0.3 is 4.87 Å². The fourth-order valence-corrected chi connectivity index (χ4v) is 5.11. The fraction of sp³-hybridized carbons (Fsp3) is 0.500. The zero-order chi connectivity index (χ0) is 22.0. The Kier molecular flexibility index (Phi) is 6.62. The van der Waals surface area contributed by atoms with E-state index in [9.17, 15) is 9.90 Å². The van der Waals surface area contributed by atoms with Crippen molar-refractivity contribution in [1.82, 2.24) is 9.55 Å². The van der Waals surface area contributed by atoms with E-state index in [0.29, 0.717) is 18.4 Å². The molecule has 1 N–H and O–H groups in total. The largest absolute Gasteiger partial charge is 0.494 e. The minimum Gasteiger partial charge on any atom is -0.494 e. The molecular formula is C24H30N2O4S. The summed E-state index contributed by atoms with van der Waals surface area (Å²) < 4.78 is 13.4. The number of ether oxygens (including phenoxy) is 1. The number of hydrogen-bond acceptors (Lipinski definition) is 6. The maximum absolute atomic E-state index is 11.7. The summed E-state index contributed by atoms with van der Waals surface area (Å²) in [4.78, 5) is 17.0. The zero-order valence-electron chi connectivity index (χ0n) is 18.4. The number of thiazole rings is 1. The lowest BCUT2D eigenvalue weighted by molar-refractivity contribution is -0.000497. The number of nitrogens with zero attached hydrogens (tertiary/aromatic N) is 2. The lowest BCUT2D eigenvalue weighted by atomic mass is 9.84. The minimum atomic E-state index is -0.106. The topological polar surface area (TPSA) is 77.5 Å². The molecule has 0 saturated heterocycles. The predicted octanol–water partition coefficient (Wildman–Crippen LogP) is 5.13. The van der Waals surface area contributed by atoms with Crippen LogP contribution in [0, 0.1) is 19.8 Å². The second-order valence-corrected chi connectivity index (χ2v) is 9.61. The molecule has 2 heterocycles. The van der Waals surface area contributed by atoms with Crippen LogP contribution in [0.4, 0.5) is 0 Å². The standard InChI is InChI=1S/C24H30N2O4S/c1-15-7-10-18(11-8-15)22-25-20(16(2)30-22)14-29-19-6-4-5-17(13-19)9-12-21-23(27)26(3)24(28)31-21/h7-8,10-11,17,19,27H,4-6,9,12-14H2,1-3H3. The highest BCUT2D eigenvalue weighted by molar-refractivity contribution is 7.09. The first-order valence-electron chi connectivity index (χ1n) is 10.9. The number of aryl methyl sites for hydroxylation is 3. The summed E-state index contributed by atoms with van der Waals surface area (Å²) >= 11 is 1.15. The van der Waals surface area contributed by atoms with Crippen molar-refractivity contribution in [2.75, 3.05) is 0 Å². The van der Waals surface area contributed by atoms with Gasteiger partial charge in [-0.1, -0.05) is 41.9 Å². The van der Waals surface area contributed by atoms with Crippen LogP contribution < -0.4 is 4.87 Å². The number of aromatic hydroxyl groups is 1. The van der Waals surface area contributed by atoms with Gasteiger partial charge < -0.3 is 14.3 Å². The summed E-state index contributed by atoms with van der Waals surface area (Å²) in [6.45, 7) is 4.45. The van der Waals surface area contributed by atoms with Gasteiger partial charge in [0.1, 0.15) is 11.5 Å². The summed E-state index contributed by atoms with van der Waals surface area (Å²) in [7, 11) is 1.61. The van der Waals surface area contributed by atoms with Gasteiger partial charge in [-0.3, -0.25) is 9.36 Å². The molecule has 2 atom stereocenters. The highest BCUT2D eigenvalue weighted by atomic mass is 32.1. The van der Waals surface area contributed by atoms with Gasteiger partial charge in [0, 0.05) is 12.6 Å². The molecule has 1 fully saturated rings. The molecule has 0 spiro atoms. The Morgan fingerprint density at radius 3 is 2.74 bits per heavy atom. The highest BCUT2D eigenvalue weighted by Crippen LogP contribution is 2.32. The lowest BCUT2D eigenvalue weighted by Gasteiger charge is -2.29. The van der Waals surface area contributed by atoms with Gasteiger partial charge in [-0.15, -0.1) is 0 Å². The third kappa shape index (κ3) is 5.10. The molecule has 1 aliphatic rings. The number of hydrogen-bond donors (Lipinski definition) is 1. The Morgan fingerprint density at radius 1 is 1.26 bits per heavy atom. The Balaban J connectivity index is 1.31. The van der Waals surface area contributed by atoms with Crippen LogP contribution in [0.3, 0.4) is 0 Å². The Bertz CT molecular complexity index is 1080. The zero-order valence-corrected chi connectivity index (χ0v) is 19.2. The van der Waals surface area contributed by atoms with E-state index in [1.807, 2.05) is 19.1 Å². The number of oxazole rings is 1. The first kappa shape index (κ1) is 21.8. The monoisotopic (exact) mass is 442 g/mol. The summed E-state index contributed by atoms with van der Waals surface area (Å²) in [5.74, 6) is 2.10. The summed E-state index contributed by atoms with van der Waals surface area (Å²) in [5, 5.41) is 10.1. The van der Waals surface area contributed by atoms with E-state index in [2.05, 4.69) is 24.0 Å². The molecule has 0 radical (unpaired) electrons. The van der Waals surface area contributed by atoms with Crippen molar-refractivity contribution < 1.29 is 14.3 Å². The van der Waals surface area contributed by atoms with Crippen molar-refractivity contribution in [3.63, 3.8) is 0 Å². The maximum atomic E-state index is 11.7. The van der Waals surface area contributed by atoms with Gasteiger partial charge in [0.05, 0.1) is 17.6 Å². The molecule has 6 nitrogen and oxygen atoms in total. The average molecular weight is 443 g/mol. The van der Waals surface area contributed by atoms with Crippen LogP contribution in [-0.2, 0) is 24.8 Å². The Labute approximate surface area is 186 Å². The van der Waals surface area contributed by atoms with Gasteiger partial charge in [-0.25, -0.2) is 4.98 Å². The quantitative estimate of drug-likeness (QED) is 0.549. The Morgan fingerprint density at radius 2 is 2.03 bits per heavy atom. The van der Waals surface area contributed by atoms with Crippen molar-refractivity contribution in [3.8, 4) is 17.3 Å². The number of aromatic nitrogens is 2. The molecule has 7 heteroatoms. The van der Waals surface area contributed by atoms with Crippen molar-refractivity contribution in [2.45, 2.75) is 65.1 Å². The van der Waals surface area contributed by atoms with E-state index in [1.165, 1.54) is 16.6 Å². The van der Waals surface area contributed by atoms with Crippen LogP contribution in [0.5, 0.6) is 5.88 Å². The van der Waals surface area contributed by atoms with Crippen LogP contribution in [0.1, 0.15) is 54.0 Å². The molecule has 31 heavy (non-hydrogen) atoms. The highest BCUT2D eigenvalue weighted by Gasteiger charge is 2.24. The van der Waals surface area contributed by atoms with Crippen LogP contribution >= 0.6 is 11.3 Å². The van der Waals surface area contributed by atoms with Crippen LogP contribution in [0.2, 0.25) is 0 Å². The second-order valence-electron chi connectivity index (χ2n) is 8.57. The van der Waals surface area contributed by atoms with Crippen LogP contribution in [-0.4, -0.2) is 20.8 Å². The molecule has 3 aromatic rings. The van der Waals surface area contributed by atoms with Gasteiger partial charge in [-0.2, -0.15) is 0 Å². The number of benzene rings is 1. The predicted molar refractivity (Wildman–Crippen MR) is 121 cm³/mol. The van der Waals surface area contributed by atoms with E-state index in [1.54, 1.807) is 7.05 Å². The smallest absolute Gasteiger partial charge is 0.309 e. The van der Waals surface area contributed by atoms with Crippen molar-refractivity contribution in [1.29, 1.82) is 0 Å². The van der Waals surface area contributed by atoms with E-state index >= 15 is 0 Å². The first-order valence-corrected chi connectivity index (χ1v) is 11.7. The molecule has 166 valence electrons. The van der Waals surface area contributed by atoms with Crippen LogP contribution in [0.25, 0.3) is 11.5 Å². The molecule has 0 bridgehead atoms. The minimum absolute atomic E-state index is 0.106. The molecule has 1 saturated carbocycles. The van der Waals surface area contributed by atoms with Gasteiger partial charge in [0.15, 0.2) is 0 Å². The molecule has 0 aliphatic heterocycles. The summed E-state index contributed by atoms with van der Waals surface area (Å²) in [6, 6.07) is 8.17. The third-order valence-corrected chi connectivity index (χ3v) is 7.29. The van der Waals surface area contributed by atoms with Gasteiger partial charge in [0.2, 0.25) is 11.8 Å². The number of rotatable bonds is 7. The fourth-order valence-electron chi connectivity index (χ4n) is 4.22. The van der Waals surface area contributed by atoms with Gasteiger partial charge in [-0.05, 0) is 57.6 Å². The van der Waals surface area contributed by atoms with E-state index in [0.717, 1.165) is 65.3 Å². The summed E-state index contributed by atoms with van der Waals surface area (Å²) in [6.07, 6.45) is 6.29. The van der Waals surface area contributed by atoms with Crippen molar-refractivity contribution in [2.24, 2.45) is 13.0 Å². The average Bonchev–Trinajstić information content (AvgIpc) is 3.26. The summed E-state index contributed by atoms with van der Waals surface area (Å²) in [5.41, 5.74) is 3.04. The van der Waals surface area contributed by atoms with Gasteiger partial charge in [0.25, 0.3) is 0 Å². The van der Waals surface area contributed by atoms with E-state index < -0.39 is 0 Å². The second kappa shape index (κ2) is 9.40. The molecule has 1 aromatic carbocycles. The Hall–Kier alpha value is -2.38. The molecule has 1 aliphatic carbocycles. The normalized spacial score (nSPS) is 19.1.